The van der Waals surface area contributed by atoms with E-state index in [4.69, 9.17) is 11.6 Å². The van der Waals surface area contributed by atoms with Crippen LogP contribution >= 0.6 is 22.9 Å². The van der Waals surface area contributed by atoms with Gasteiger partial charge in [0.25, 0.3) is 0 Å². The first kappa shape index (κ1) is 11.4. The van der Waals surface area contributed by atoms with E-state index in [1.165, 1.54) is 4.88 Å². The molecule has 2 rings (SSSR count). The summed E-state index contributed by atoms with van der Waals surface area (Å²) in [5, 5.41) is 3.39. The normalized spacial score (nSPS) is 12.4. The Kier molecular flexibility index (Phi) is 3.46. The fourth-order valence-corrected chi connectivity index (χ4v) is 2.50. The fraction of sp³-hybridized carbons (Fsp3) is 0.250. The van der Waals surface area contributed by atoms with Gasteiger partial charge in [0.05, 0.1) is 22.3 Å². The topological polar surface area (TPSA) is 24.9 Å². The Balaban J connectivity index is 2.07. The van der Waals surface area contributed by atoms with Crippen molar-refractivity contribution in [3.05, 3.63) is 45.4 Å². The Morgan fingerprint density at radius 1 is 1.31 bits per heavy atom. The van der Waals surface area contributed by atoms with Gasteiger partial charge in [0.1, 0.15) is 0 Å². The summed E-state index contributed by atoms with van der Waals surface area (Å²) >= 11 is 7.51. The molecule has 2 nitrogen and oxygen atoms in total. The number of aryl methyl sites for hydroxylation is 1. The maximum atomic E-state index is 5.91. The monoisotopic (exact) mass is 252 g/mol. The quantitative estimate of drug-likeness (QED) is 0.882. The smallest absolute Gasteiger partial charge is 0.0932 e. The van der Waals surface area contributed by atoms with E-state index in [-0.39, 0.29) is 6.04 Å². The van der Waals surface area contributed by atoms with Crippen LogP contribution in [0, 0.1) is 6.92 Å². The van der Waals surface area contributed by atoms with E-state index in [0.717, 1.165) is 15.7 Å². The highest BCUT2D eigenvalue weighted by Crippen LogP contribution is 2.28. The number of nitrogens with one attached hydrogen (secondary N) is 1. The SMILES string of the molecule is Cc1ccc(NC(C)c2ccc(Cl)s2)cn1. The average Bonchev–Trinajstić information content (AvgIpc) is 2.68. The summed E-state index contributed by atoms with van der Waals surface area (Å²) in [5.41, 5.74) is 2.06. The van der Waals surface area contributed by atoms with Gasteiger partial charge < -0.3 is 5.32 Å². The first-order valence-corrected chi connectivity index (χ1v) is 6.29. The maximum absolute atomic E-state index is 5.91. The van der Waals surface area contributed by atoms with Crippen molar-refractivity contribution in [1.82, 2.24) is 4.98 Å². The molecule has 16 heavy (non-hydrogen) atoms. The van der Waals surface area contributed by atoms with Crippen LogP contribution in [-0.4, -0.2) is 4.98 Å². The van der Waals surface area contributed by atoms with Crippen LogP contribution in [0.4, 0.5) is 5.69 Å². The van der Waals surface area contributed by atoms with Crippen LogP contribution in [0.3, 0.4) is 0 Å². The number of rotatable bonds is 3. The molecule has 1 N–H and O–H groups in total. The van der Waals surface area contributed by atoms with Gasteiger partial charge in [-0.25, -0.2) is 0 Å². The van der Waals surface area contributed by atoms with Crippen LogP contribution in [0.25, 0.3) is 0 Å². The molecule has 0 saturated heterocycles. The van der Waals surface area contributed by atoms with E-state index in [1.54, 1.807) is 11.3 Å². The summed E-state index contributed by atoms with van der Waals surface area (Å²) in [5.74, 6) is 0. The zero-order valence-electron chi connectivity index (χ0n) is 9.20. The third-order valence-electron chi connectivity index (χ3n) is 2.32. The lowest BCUT2D eigenvalue weighted by atomic mass is 10.2. The predicted molar refractivity (Wildman–Crippen MR) is 70.3 cm³/mol. The van der Waals surface area contributed by atoms with Crippen LogP contribution in [0.15, 0.2) is 30.5 Å². The molecule has 84 valence electrons. The lowest BCUT2D eigenvalue weighted by Crippen LogP contribution is -2.04. The van der Waals surface area contributed by atoms with Gasteiger partial charge in [-0.05, 0) is 38.1 Å². The maximum Gasteiger partial charge on any atom is 0.0932 e. The predicted octanol–water partition coefficient (Wildman–Crippen LogP) is 4.28. The lowest BCUT2D eigenvalue weighted by Gasteiger charge is -2.13. The molecule has 0 aliphatic rings. The van der Waals surface area contributed by atoms with Gasteiger partial charge in [0.15, 0.2) is 0 Å². The molecule has 2 heterocycles. The number of thiophene rings is 1. The summed E-state index contributed by atoms with van der Waals surface area (Å²) < 4.78 is 0.825. The number of halogens is 1. The van der Waals surface area contributed by atoms with Gasteiger partial charge in [0, 0.05) is 10.6 Å². The summed E-state index contributed by atoms with van der Waals surface area (Å²) in [6.45, 7) is 4.09. The van der Waals surface area contributed by atoms with E-state index in [1.807, 2.05) is 37.4 Å². The van der Waals surface area contributed by atoms with Gasteiger partial charge in [-0.1, -0.05) is 11.6 Å². The zero-order chi connectivity index (χ0) is 11.5. The number of nitrogens with zero attached hydrogens (tertiary/aromatic N) is 1. The largest absolute Gasteiger partial charge is 0.376 e. The first-order valence-electron chi connectivity index (χ1n) is 5.09. The second-order valence-electron chi connectivity index (χ2n) is 3.70. The van der Waals surface area contributed by atoms with Crippen molar-refractivity contribution >= 4 is 28.6 Å². The van der Waals surface area contributed by atoms with Crippen LogP contribution in [-0.2, 0) is 0 Å². The molecule has 0 saturated carbocycles. The molecule has 0 fully saturated rings. The van der Waals surface area contributed by atoms with E-state index in [2.05, 4.69) is 17.2 Å². The summed E-state index contributed by atoms with van der Waals surface area (Å²) in [6, 6.07) is 8.26. The Labute approximate surface area is 104 Å². The van der Waals surface area contributed by atoms with Gasteiger partial charge in [-0.3, -0.25) is 4.98 Å². The fourth-order valence-electron chi connectivity index (χ4n) is 1.44. The number of aromatic nitrogens is 1. The molecule has 0 radical (unpaired) electrons. The minimum absolute atomic E-state index is 0.252. The summed E-state index contributed by atoms with van der Waals surface area (Å²) in [4.78, 5) is 5.47. The number of hydrogen-bond donors (Lipinski definition) is 1. The minimum atomic E-state index is 0.252. The molecule has 1 unspecified atom stereocenters. The Morgan fingerprint density at radius 2 is 2.12 bits per heavy atom. The molecular formula is C12H13ClN2S. The van der Waals surface area contributed by atoms with Crippen molar-refractivity contribution in [2.45, 2.75) is 19.9 Å². The van der Waals surface area contributed by atoms with Crippen LogP contribution in [0.5, 0.6) is 0 Å². The summed E-state index contributed by atoms with van der Waals surface area (Å²) in [6.07, 6.45) is 1.85. The van der Waals surface area contributed by atoms with E-state index < -0.39 is 0 Å². The van der Waals surface area contributed by atoms with E-state index in [0.29, 0.717) is 0 Å². The molecule has 4 heteroatoms. The molecule has 0 amide bonds. The van der Waals surface area contributed by atoms with Crippen LogP contribution < -0.4 is 5.32 Å². The van der Waals surface area contributed by atoms with E-state index >= 15 is 0 Å². The Bertz CT molecular complexity index is 464. The summed E-state index contributed by atoms with van der Waals surface area (Å²) in [7, 11) is 0. The lowest BCUT2D eigenvalue weighted by molar-refractivity contribution is 0.905. The minimum Gasteiger partial charge on any atom is -0.376 e. The van der Waals surface area contributed by atoms with Crippen molar-refractivity contribution in [3.63, 3.8) is 0 Å². The highest BCUT2D eigenvalue weighted by atomic mass is 35.5. The highest BCUT2D eigenvalue weighted by Gasteiger charge is 2.07. The molecule has 0 bridgehead atoms. The molecule has 0 aromatic carbocycles. The molecule has 1 atom stereocenters. The van der Waals surface area contributed by atoms with Gasteiger partial charge in [0.2, 0.25) is 0 Å². The van der Waals surface area contributed by atoms with Crippen LogP contribution in [0.1, 0.15) is 23.5 Å². The van der Waals surface area contributed by atoms with Gasteiger partial charge >= 0.3 is 0 Å². The number of hydrogen-bond acceptors (Lipinski definition) is 3. The number of pyridine rings is 1. The van der Waals surface area contributed by atoms with Crippen molar-refractivity contribution in [3.8, 4) is 0 Å². The van der Waals surface area contributed by atoms with Crippen molar-refractivity contribution in [2.75, 3.05) is 5.32 Å². The molecule has 2 aromatic rings. The molecule has 0 aliphatic carbocycles. The molecular weight excluding hydrogens is 240 g/mol. The average molecular weight is 253 g/mol. The molecule has 2 aromatic heterocycles. The zero-order valence-corrected chi connectivity index (χ0v) is 10.8. The first-order chi connectivity index (χ1) is 7.65. The number of anilines is 1. The third kappa shape index (κ3) is 2.74. The third-order valence-corrected chi connectivity index (χ3v) is 3.73. The highest BCUT2D eigenvalue weighted by molar-refractivity contribution is 7.16. The second-order valence-corrected chi connectivity index (χ2v) is 5.44. The molecule has 0 spiro atoms. The second kappa shape index (κ2) is 4.85. The standard InChI is InChI=1S/C12H13ClN2S/c1-8-3-4-10(7-14-8)15-9(2)11-5-6-12(13)16-11/h3-7,9,15H,1-2H3. The van der Waals surface area contributed by atoms with Gasteiger partial charge in [-0.2, -0.15) is 0 Å². The van der Waals surface area contributed by atoms with Gasteiger partial charge in [-0.15, -0.1) is 11.3 Å². The van der Waals surface area contributed by atoms with E-state index in [9.17, 15) is 0 Å². The van der Waals surface area contributed by atoms with Crippen LogP contribution in [0.2, 0.25) is 4.34 Å². The van der Waals surface area contributed by atoms with Crippen molar-refractivity contribution < 1.29 is 0 Å². The Morgan fingerprint density at radius 3 is 2.69 bits per heavy atom. The van der Waals surface area contributed by atoms with Crippen molar-refractivity contribution in [2.24, 2.45) is 0 Å². The van der Waals surface area contributed by atoms with Crippen molar-refractivity contribution in [1.29, 1.82) is 0 Å². The Hall–Kier alpha value is -1.06. The molecule has 0 aliphatic heterocycles.